The summed E-state index contributed by atoms with van der Waals surface area (Å²) in [5.74, 6) is -0.823. The van der Waals surface area contributed by atoms with Crippen molar-refractivity contribution in [2.75, 3.05) is 13.6 Å². The third-order valence-electron chi connectivity index (χ3n) is 4.23. The number of β-amino-alcohol motifs (C(OH)–C–C–N with tert-alkyl or cyclic N) is 1. The molecule has 2 aliphatic rings. The smallest absolute Gasteiger partial charge is 0.270 e. The lowest BCUT2D eigenvalue weighted by Crippen LogP contribution is -2.40. The van der Waals surface area contributed by atoms with Gasteiger partial charge < -0.3 is 10.0 Å². The highest BCUT2D eigenvalue weighted by Gasteiger charge is 2.38. The Morgan fingerprint density at radius 3 is 2.87 bits per heavy atom. The maximum atomic E-state index is 13.5. The molecule has 2 heterocycles. The fourth-order valence-corrected chi connectivity index (χ4v) is 3.06. The summed E-state index contributed by atoms with van der Waals surface area (Å²) >= 11 is 0. The number of rotatable bonds is 2. The molecule has 3 rings (SSSR count). The summed E-state index contributed by atoms with van der Waals surface area (Å²) in [5.41, 5.74) is 0.943. The Morgan fingerprint density at radius 2 is 2.17 bits per heavy atom. The van der Waals surface area contributed by atoms with Crippen LogP contribution in [0.2, 0.25) is 0 Å². The summed E-state index contributed by atoms with van der Waals surface area (Å²) in [6, 6.07) is 5.65. The van der Waals surface area contributed by atoms with Crippen molar-refractivity contribution in [1.29, 1.82) is 0 Å². The number of carbonyl (C=O) groups excluding carboxylic acids is 2. The normalized spacial score (nSPS) is 24.8. The molecule has 1 aromatic carbocycles. The minimum Gasteiger partial charge on any atom is -0.391 e. The topological polar surface area (TPSA) is 73.2 Å². The largest absolute Gasteiger partial charge is 0.391 e. The molecule has 1 aromatic rings. The van der Waals surface area contributed by atoms with Crippen LogP contribution < -0.4 is 0 Å². The minimum absolute atomic E-state index is 0.135. The number of hydrogen-bond acceptors (Lipinski definition) is 4. The molecule has 1 N–H and O–H groups in total. The molecule has 122 valence electrons. The van der Waals surface area contributed by atoms with Crippen LogP contribution in [0, 0.1) is 5.82 Å². The molecule has 1 fully saturated rings. The van der Waals surface area contributed by atoms with Gasteiger partial charge in [0.2, 0.25) is 5.91 Å². The van der Waals surface area contributed by atoms with Gasteiger partial charge in [-0.2, -0.15) is 5.10 Å². The van der Waals surface area contributed by atoms with Crippen LogP contribution in [0.25, 0.3) is 0 Å². The van der Waals surface area contributed by atoms with Gasteiger partial charge in [-0.05, 0) is 24.1 Å². The van der Waals surface area contributed by atoms with Crippen LogP contribution in [0.1, 0.15) is 30.9 Å². The standard InChI is InChI=1S/C16H18FN3O3/c1-19-15(22)6-5-13(18-19)16(23)20-9-12(21)8-14(20)10-3-2-4-11(17)7-10/h2-4,7,12,14,21H,5-6,8-9H2,1H3/t12-,14+/m0/s1. The van der Waals surface area contributed by atoms with E-state index < -0.39 is 6.10 Å². The predicted molar refractivity (Wildman–Crippen MR) is 80.9 cm³/mol. The van der Waals surface area contributed by atoms with Crippen LogP contribution in [-0.2, 0) is 9.59 Å². The number of nitrogens with zero attached hydrogens (tertiary/aromatic N) is 3. The van der Waals surface area contributed by atoms with Crippen molar-refractivity contribution in [2.45, 2.75) is 31.4 Å². The molecule has 0 bridgehead atoms. The predicted octanol–water partition coefficient (Wildman–Crippen LogP) is 1.07. The highest BCUT2D eigenvalue weighted by molar-refractivity contribution is 6.39. The zero-order valence-electron chi connectivity index (χ0n) is 12.8. The number of amides is 2. The Labute approximate surface area is 133 Å². The molecule has 2 amide bonds. The Balaban J connectivity index is 1.86. The second kappa shape index (κ2) is 6.08. The van der Waals surface area contributed by atoms with Crippen molar-refractivity contribution in [3.63, 3.8) is 0 Å². The number of aliphatic hydroxyl groups excluding tert-OH is 1. The molecule has 0 saturated carbocycles. The summed E-state index contributed by atoms with van der Waals surface area (Å²) in [4.78, 5) is 25.7. The van der Waals surface area contributed by atoms with Crippen molar-refractivity contribution in [3.05, 3.63) is 35.6 Å². The van der Waals surface area contributed by atoms with Gasteiger partial charge in [-0.25, -0.2) is 9.40 Å². The third-order valence-corrected chi connectivity index (χ3v) is 4.23. The van der Waals surface area contributed by atoms with E-state index in [0.29, 0.717) is 17.7 Å². The number of hydrogen-bond donors (Lipinski definition) is 1. The average molecular weight is 319 g/mol. The van der Waals surface area contributed by atoms with Crippen LogP contribution in [-0.4, -0.2) is 52.2 Å². The molecule has 2 atom stereocenters. The first kappa shape index (κ1) is 15.6. The van der Waals surface area contributed by atoms with Crippen molar-refractivity contribution >= 4 is 17.5 Å². The third kappa shape index (κ3) is 3.10. The number of aliphatic hydroxyl groups is 1. The summed E-state index contributed by atoms with van der Waals surface area (Å²) in [6.45, 7) is 0.177. The Morgan fingerprint density at radius 1 is 1.39 bits per heavy atom. The fraction of sp³-hybridized carbons (Fsp3) is 0.438. The van der Waals surface area contributed by atoms with E-state index in [0.717, 1.165) is 0 Å². The van der Waals surface area contributed by atoms with E-state index in [2.05, 4.69) is 5.10 Å². The van der Waals surface area contributed by atoms with E-state index in [4.69, 9.17) is 0 Å². The van der Waals surface area contributed by atoms with Crippen LogP contribution in [0.3, 0.4) is 0 Å². The van der Waals surface area contributed by atoms with Gasteiger partial charge in [0.25, 0.3) is 5.91 Å². The van der Waals surface area contributed by atoms with E-state index in [-0.39, 0.29) is 43.1 Å². The number of likely N-dealkylation sites (tertiary alicyclic amines) is 1. The average Bonchev–Trinajstić information content (AvgIpc) is 2.91. The monoisotopic (exact) mass is 319 g/mol. The molecule has 1 saturated heterocycles. The molecule has 0 aromatic heterocycles. The van der Waals surface area contributed by atoms with Crippen LogP contribution in [0.5, 0.6) is 0 Å². The molecule has 7 heteroatoms. The summed E-state index contributed by atoms with van der Waals surface area (Å²) in [7, 11) is 1.51. The van der Waals surface area contributed by atoms with Crippen molar-refractivity contribution < 1.29 is 19.1 Å². The second-order valence-corrected chi connectivity index (χ2v) is 5.88. The van der Waals surface area contributed by atoms with E-state index in [1.54, 1.807) is 12.1 Å². The lowest BCUT2D eigenvalue weighted by atomic mass is 10.0. The first-order valence-corrected chi connectivity index (χ1v) is 7.54. The van der Waals surface area contributed by atoms with E-state index in [1.807, 2.05) is 0 Å². The SMILES string of the molecule is CN1N=C(C(=O)N2C[C@@H](O)C[C@@H]2c2cccc(F)c2)CCC1=O. The van der Waals surface area contributed by atoms with Gasteiger partial charge in [-0.15, -0.1) is 0 Å². The molecule has 6 nitrogen and oxygen atoms in total. The first-order valence-electron chi connectivity index (χ1n) is 7.54. The molecule has 0 aliphatic carbocycles. The number of hydrazone groups is 1. The van der Waals surface area contributed by atoms with Crippen molar-refractivity contribution in [1.82, 2.24) is 9.91 Å². The zero-order chi connectivity index (χ0) is 16.6. The number of carbonyl (C=O) groups is 2. The zero-order valence-corrected chi connectivity index (χ0v) is 12.8. The number of benzene rings is 1. The summed E-state index contributed by atoms with van der Waals surface area (Å²) in [6.07, 6.45) is 0.222. The molecule has 2 aliphatic heterocycles. The highest BCUT2D eigenvalue weighted by atomic mass is 19.1. The van der Waals surface area contributed by atoms with Crippen LogP contribution >= 0.6 is 0 Å². The van der Waals surface area contributed by atoms with Gasteiger partial charge in [-0.1, -0.05) is 12.1 Å². The second-order valence-electron chi connectivity index (χ2n) is 5.88. The van der Waals surface area contributed by atoms with Crippen molar-refractivity contribution in [2.24, 2.45) is 5.10 Å². The summed E-state index contributed by atoms with van der Waals surface area (Å²) < 4.78 is 13.5. The lowest BCUT2D eigenvalue weighted by Gasteiger charge is -2.27. The molecule has 23 heavy (non-hydrogen) atoms. The van der Waals surface area contributed by atoms with Crippen molar-refractivity contribution in [3.8, 4) is 0 Å². The minimum atomic E-state index is -0.657. The molecular formula is C16H18FN3O3. The van der Waals surface area contributed by atoms with Gasteiger partial charge in [-0.3, -0.25) is 9.59 Å². The maximum Gasteiger partial charge on any atom is 0.270 e. The van der Waals surface area contributed by atoms with Crippen LogP contribution in [0.15, 0.2) is 29.4 Å². The molecule has 0 unspecified atom stereocenters. The van der Waals surface area contributed by atoms with E-state index in [1.165, 1.54) is 29.1 Å². The first-order chi connectivity index (χ1) is 11.0. The van der Waals surface area contributed by atoms with Gasteiger partial charge in [0.15, 0.2) is 0 Å². The van der Waals surface area contributed by atoms with E-state index >= 15 is 0 Å². The Kier molecular flexibility index (Phi) is 4.12. The highest BCUT2D eigenvalue weighted by Crippen LogP contribution is 2.33. The van der Waals surface area contributed by atoms with Crippen LogP contribution in [0.4, 0.5) is 4.39 Å². The summed E-state index contributed by atoms with van der Waals surface area (Å²) in [5, 5.41) is 15.1. The molecule has 0 radical (unpaired) electrons. The Bertz CT molecular complexity index is 676. The quantitative estimate of drug-likeness (QED) is 0.886. The van der Waals surface area contributed by atoms with Gasteiger partial charge in [0.05, 0.1) is 12.1 Å². The fourth-order valence-electron chi connectivity index (χ4n) is 3.06. The lowest BCUT2D eigenvalue weighted by molar-refractivity contribution is -0.130. The van der Waals surface area contributed by atoms with Gasteiger partial charge >= 0.3 is 0 Å². The van der Waals surface area contributed by atoms with E-state index in [9.17, 15) is 19.1 Å². The van der Waals surface area contributed by atoms with Gasteiger partial charge in [0, 0.05) is 26.4 Å². The molecule has 0 spiro atoms. The molecular weight excluding hydrogens is 301 g/mol. The number of halogens is 1. The maximum absolute atomic E-state index is 13.5. The Hall–Kier alpha value is -2.28. The van der Waals surface area contributed by atoms with Gasteiger partial charge in [0.1, 0.15) is 11.5 Å².